The highest BCUT2D eigenvalue weighted by molar-refractivity contribution is 5.77. The summed E-state index contributed by atoms with van der Waals surface area (Å²) in [6.07, 6.45) is 3.10. The van der Waals surface area contributed by atoms with Crippen LogP contribution in [0.4, 0.5) is 0 Å². The summed E-state index contributed by atoms with van der Waals surface area (Å²) < 4.78 is 0. The Balaban J connectivity index is 2.60. The summed E-state index contributed by atoms with van der Waals surface area (Å²) in [5.74, 6) is 1.64. The maximum Gasteiger partial charge on any atom is 0.223 e. The molecule has 1 heterocycles. The van der Waals surface area contributed by atoms with E-state index in [1.807, 2.05) is 7.05 Å². The molecule has 0 spiro atoms. The van der Waals surface area contributed by atoms with E-state index in [4.69, 9.17) is 0 Å². The molecule has 1 amide bonds. The van der Waals surface area contributed by atoms with Crippen molar-refractivity contribution < 1.29 is 4.79 Å². The van der Waals surface area contributed by atoms with Crippen molar-refractivity contribution >= 4 is 5.91 Å². The van der Waals surface area contributed by atoms with Crippen molar-refractivity contribution in [2.24, 2.45) is 17.3 Å². The third-order valence-electron chi connectivity index (χ3n) is 3.73. The van der Waals surface area contributed by atoms with Gasteiger partial charge in [-0.15, -0.1) is 0 Å². The topological polar surface area (TPSA) is 32.3 Å². The van der Waals surface area contributed by atoms with Gasteiger partial charge in [0, 0.05) is 19.5 Å². The third kappa shape index (κ3) is 4.97. The van der Waals surface area contributed by atoms with Crippen molar-refractivity contribution in [3.63, 3.8) is 0 Å². The average Bonchev–Trinajstić information content (AvgIpc) is 2.26. The zero-order valence-corrected chi connectivity index (χ0v) is 12.8. The Morgan fingerprint density at radius 2 is 1.89 bits per heavy atom. The Hall–Kier alpha value is -0.570. The molecule has 0 saturated carbocycles. The Bertz CT molecular complexity index is 270. The molecule has 0 bridgehead atoms. The van der Waals surface area contributed by atoms with E-state index in [2.05, 4.69) is 37.9 Å². The molecule has 18 heavy (non-hydrogen) atoms. The highest BCUT2D eigenvalue weighted by Crippen LogP contribution is 2.27. The molecule has 3 nitrogen and oxygen atoms in total. The van der Waals surface area contributed by atoms with Gasteiger partial charge >= 0.3 is 0 Å². The van der Waals surface area contributed by atoms with Gasteiger partial charge in [-0.25, -0.2) is 0 Å². The summed E-state index contributed by atoms with van der Waals surface area (Å²) in [7, 11) is 2.00. The summed E-state index contributed by atoms with van der Waals surface area (Å²) in [5, 5.41) is 3.25. The van der Waals surface area contributed by atoms with Gasteiger partial charge in [0.05, 0.1) is 0 Å². The van der Waals surface area contributed by atoms with Crippen LogP contribution in [-0.4, -0.2) is 37.5 Å². The number of amides is 1. The van der Waals surface area contributed by atoms with E-state index in [1.54, 1.807) is 0 Å². The Kier molecular flexibility index (Phi) is 5.64. The lowest BCUT2D eigenvalue weighted by molar-refractivity contribution is -0.136. The minimum atomic E-state index is 0.0920. The average molecular weight is 254 g/mol. The molecule has 2 unspecified atom stereocenters. The van der Waals surface area contributed by atoms with E-state index in [0.717, 1.165) is 19.6 Å². The SMILES string of the molecule is CCC1CC(CNC)CN(C(=O)CC(C)(C)C)C1. The number of carbonyl (C=O) groups excluding carboxylic acids is 1. The summed E-state index contributed by atoms with van der Waals surface area (Å²) in [6.45, 7) is 11.6. The largest absolute Gasteiger partial charge is 0.342 e. The second kappa shape index (κ2) is 6.55. The van der Waals surface area contributed by atoms with E-state index in [1.165, 1.54) is 12.8 Å². The normalized spacial score (nSPS) is 25.3. The first-order chi connectivity index (χ1) is 8.35. The summed E-state index contributed by atoms with van der Waals surface area (Å²) in [5.41, 5.74) is 0.0920. The molecule has 1 N–H and O–H groups in total. The molecule has 1 rings (SSSR count). The summed E-state index contributed by atoms with van der Waals surface area (Å²) >= 11 is 0. The lowest BCUT2D eigenvalue weighted by Gasteiger charge is -2.38. The second-order valence-electron chi connectivity index (χ2n) is 6.97. The molecule has 1 fully saturated rings. The maximum atomic E-state index is 12.3. The number of hydrogen-bond donors (Lipinski definition) is 1. The summed E-state index contributed by atoms with van der Waals surface area (Å²) in [6, 6.07) is 0. The molecule has 0 radical (unpaired) electrons. The Morgan fingerprint density at radius 1 is 1.28 bits per heavy atom. The van der Waals surface area contributed by atoms with Gasteiger partial charge in [-0.1, -0.05) is 34.1 Å². The number of nitrogens with one attached hydrogen (secondary N) is 1. The van der Waals surface area contributed by atoms with Crippen LogP contribution in [0.3, 0.4) is 0 Å². The molecule has 1 saturated heterocycles. The van der Waals surface area contributed by atoms with Crippen LogP contribution in [-0.2, 0) is 4.79 Å². The van der Waals surface area contributed by atoms with Gasteiger partial charge in [0.25, 0.3) is 0 Å². The van der Waals surface area contributed by atoms with Crippen LogP contribution in [0.1, 0.15) is 47.0 Å². The van der Waals surface area contributed by atoms with Gasteiger partial charge in [-0.3, -0.25) is 4.79 Å². The Morgan fingerprint density at radius 3 is 2.39 bits per heavy atom. The van der Waals surface area contributed by atoms with Crippen molar-refractivity contribution in [3.05, 3.63) is 0 Å². The van der Waals surface area contributed by atoms with Gasteiger partial charge in [0.1, 0.15) is 0 Å². The zero-order valence-electron chi connectivity index (χ0n) is 12.8. The van der Waals surface area contributed by atoms with Crippen LogP contribution in [0, 0.1) is 17.3 Å². The van der Waals surface area contributed by atoms with E-state index >= 15 is 0 Å². The molecule has 106 valence electrons. The van der Waals surface area contributed by atoms with Crippen molar-refractivity contribution in [2.45, 2.75) is 47.0 Å². The van der Waals surface area contributed by atoms with Crippen LogP contribution in [0.15, 0.2) is 0 Å². The number of rotatable bonds is 4. The molecule has 0 aromatic carbocycles. The molecule has 0 aromatic heterocycles. The van der Waals surface area contributed by atoms with E-state index in [9.17, 15) is 4.79 Å². The fourth-order valence-corrected chi connectivity index (χ4v) is 2.82. The first-order valence-corrected chi connectivity index (χ1v) is 7.28. The molecule has 0 aromatic rings. The first-order valence-electron chi connectivity index (χ1n) is 7.28. The lowest BCUT2D eigenvalue weighted by atomic mass is 9.86. The molecule has 1 aliphatic heterocycles. The van der Waals surface area contributed by atoms with Crippen molar-refractivity contribution in [1.82, 2.24) is 10.2 Å². The molecule has 0 aliphatic carbocycles. The van der Waals surface area contributed by atoms with Gasteiger partial charge in [-0.05, 0) is 37.3 Å². The highest BCUT2D eigenvalue weighted by Gasteiger charge is 2.30. The van der Waals surface area contributed by atoms with Crippen LogP contribution in [0.25, 0.3) is 0 Å². The second-order valence-corrected chi connectivity index (χ2v) is 6.97. The van der Waals surface area contributed by atoms with E-state index in [0.29, 0.717) is 24.2 Å². The van der Waals surface area contributed by atoms with Gasteiger partial charge in [-0.2, -0.15) is 0 Å². The minimum absolute atomic E-state index is 0.0920. The number of likely N-dealkylation sites (tertiary alicyclic amines) is 1. The molecule has 2 atom stereocenters. The molecular weight excluding hydrogens is 224 g/mol. The van der Waals surface area contributed by atoms with Gasteiger partial charge in [0.15, 0.2) is 0 Å². The fourth-order valence-electron chi connectivity index (χ4n) is 2.82. The third-order valence-corrected chi connectivity index (χ3v) is 3.73. The predicted molar refractivity (Wildman–Crippen MR) is 76.5 cm³/mol. The van der Waals surface area contributed by atoms with Gasteiger partial charge < -0.3 is 10.2 Å². The van der Waals surface area contributed by atoms with Crippen molar-refractivity contribution in [1.29, 1.82) is 0 Å². The van der Waals surface area contributed by atoms with E-state index < -0.39 is 0 Å². The van der Waals surface area contributed by atoms with E-state index in [-0.39, 0.29) is 5.41 Å². The number of hydrogen-bond acceptors (Lipinski definition) is 2. The highest BCUT2D eigenvalue weighted by atomic mass is 16.2. The molecular formula is C15H30N2O. The van der Waals surface area contributed by atoms with Crippen LogP contribution >= 0.6 is 0 Å². The maximum absolute atomic E-state index is 12.3. The minimum Gasteiger partial charge on any atom is -0.342 e. The van der Waals surface area contributed by atoms with Crippen molar-refractivity contribution in [3.8, 4) is 0 Å². The monoisotopic (exact) mass is 254 g/mol. The van der Waals surface area contributed by atoms with Crippen LogP contribution in [0.5, 0.6) is 0 Å². The summed E-state index contributed by atoms with van der Waals surface area (Å²) in [4.78, 5) is 14.4. The standard InChI is InChI=1S/C15H30N2O/c1-6-12-7-13(9-16-5)11-17(10-12)14(18)8-15(2,3)4/h12-13,16H,6-11H2,1-5H3. The smallest absolute Gasteiger partial charge is 0.223 e. The van der Waals surface area contributed by atoms with Crippen LogP contribution in [0.2, 0.25) is 0 Å². The lowest BCUT2D eigenvalue weighted by Crippen LogP contribution is -2.46. The number of piperidine rings is 1. The predicted octanol–water partition coefficient (Wildman–Crippen LogP) is 2.52. The Labute approximate surface area is 112 Å². The zero-order chi connectivity index (χ0) is 13.8. The van der Waals surface area contributed by atoms with Crippen molar-refractivity contribution in [2.75, 3.05) is 26.7 Å². The quantitative estimate of drug-likeness (QED) is 0.836. The first kappa shape index (κ1) is 15.5. The molecule has 1 aliphatic rings. The van der Waals surface area contributed by atoms with Crippen LogP contribution < -0.4 is 5.32 Å². The fraction of sp³-hybridized carbons (Fsp3) is 0.933. The molecule has 3 heteroatoms. The number of carbonyl (C=O) groups is 1. The number of nitrogens with zero attached hydrogens (tertiary/aromatic N) is 1. The van der Waals surface area contributed by atoms with Gasteiger partial charge in [0.2, 0.25) is 5.91 Å².